The first-order chi connectivity index (χ1) is 20.2. The van der Waals surface area contributed by atoms with Crippen LogP contribution in [0.4, 0.5) is 0 Å². The summed E-state index contributed by atoms with van der Waals surface area (Å²) < 4.78 is 17.1. The lowest BCUT2D eigenvalue weighted by Crippen LogP contribution is -2.68. The molecule has 2 heterocycles. The number of aliphatic hydroxyl groups is 5. The Balaban J connectivity index is 2.10. The van der Waals surface area contributed by atoms with Crippen molar-refractivity contribution in [3.8, 4) is 0 Å². The highest BCUT2D eigenvalue weighted by molar-refractivity contribution is 5.90. The standard InChI is InChI=1S/C24H40N4O15/c1-9(22(38)28-11(23(39)40)3-4-16(34)35)26-15(33)8-41-21-13(32)5-25-12(6-29)20(21)43-24-17(27-10(2)31)19(37)18(36)14(7-30)42-24/h9,11-14,17-21,24-25,29-30,32,36-37H,3-8H2,1-2H3,(H,26,33)(H,27,31)(H,28,38)(H,34,35)(H,39,40)/t9-,11+,12+,13+,14+,17+,18+,19+,20+,21+,24-/m0/s1. The smallest absolute Gasteiger partial charge is 0.326 e. The van der Waals surface area contributed by atoms with E-state index in [0.29, 0.717) is 0 Å². The number of hydrogen-bond donors (Lipinski definition) is 11. The molecule has 246 valence electrons. The molecule has 0 aromatic rings. The molecule has 0 spiro atoms. The van der Waals surface area contributed by atoms with Crippen LogP contribution in [-0.2, 0) is 38.2 Å². The SMILES string of the molecule is CC(=O)N[C@H]1[C@H](O[C@H]2[C@H](OCC(=O)N[C@@H](C)C(=O)N[C@H](CCC(=O)O)C(=O)O)[C@H](O)CN[C@@H]2CO)O[C@H](CO)[C@@H](O)[C@@H]1O. The molecular formula is C24H40N4O15. The van der Waals surface area contributed by atoms with Gasteiger partial charge in [0.05, 0.1) is 25.4 Å². The second-order valence-corrected chi connectivity index (χ2v) is 10.2. The van der Waals surface area contributed by atoms with E-state index in [4.69, 9.17) is 19.3 Å². The van der Waals surface area contributed by atoms with E-state index in [9.17, 15) is 54.6 Å². The van der Waals surface area contributed by atoms with Gasteiger partial charge in [0.1, 0.15) is 55.3 Å². The van der Waals surface area contributed by atoms with Crippen LogP contribution < -0.4 is 21.3 Å². The van der Waals surface area contributed by atoms with Crippen LogP contribution in [0.2, 0.25) is 0 Å². The average molecular weight is 625 g/mol. The summed E-state index contributed by atoms with van der Waals surface area (Å²) in [4.78, 5) is 58.8. The van der Waals surface area contributed by atoms with Crippen molar-refractivity contribution in [2.75, 3.05) is 26.4 Å². The lowest BCUT2D eigenvalue weighted by molar-refractivity contribution is -0.300. The lowest BCUT2D eigenvalue weighted by atomic mass is 9.94. The summed E-state index contributed by atoms with van der Waals surface area (Å²) in [7, 11) is 0. The number of hydrogen-bond acceptors (Lipinski definition) is 14. The predicted molar refractivity (Wildman–Crippen MR) is 139 cm³/mol. The Kier molecular flexibility index (Phi) is 14.1. The fraction of sp³-hybridized carbons (Fsp3) is 0.792. The van der Waals surface area contributed by atoms with Crippen molar-refractivity contribution in [2.45, 2.75) is 93.8 Å². The normalized spacial score (nSPS) is 32.2. The van der Waals surface area contributed by atoms with E-state index in [2.05, 4.69) is 21.3 Å². The maximum atomic E-state index is 12.6. The van der Waals surface area contributed by atoms with Gasteiger partial charge in [0, 0.05) is 19.9 Å². The molecule has 19 heteroatoms. The van der Waals surface area contributed by atoms with Gasteiger partial charge in [-0.2, -0.15) is 0 Å². The number of ether oxygens (including phenoxy) is 3. The molecule has 2 fully saturated rings. The Morgan fingerprint density at radius 3 is 2.23 bits per heavy atom. The van der Waals surface area contributed by atoms with Crippen molar-refractivity contribution in [2.24, 2.45) is 0 Å². The van der Waals surface area contributed by atoms with Gasteiger partial charge in [0.25, 0.3) is 0 Å². The van der Waals surface area contributed by atoms with Crippen LogP contribution >= 0.6 is 0 Å². The lowest BCUT2D eigenvalue weighted by Gasteiger charge is -2.47. The van der Waals surface area contributed by atoms with Gasteiger partial charge >= 0.3 is 11.9 Å². The molecule has 2 rings (SSSR count). The Labute approximate surface area is 245 Å². The minimum atomic E-state index is -1.64. The molecule has 2 aliphatic heterocycles. The third-order valence-electron chi connectivity index (χ3n) is 6.87. The summed E-state index contributed by atoms with van der Waals surface area (Å²) in [6.07, 6.45) is -10.9. The summed E-state index contributed by atoms with van der Waals surface area (Å²) in [5, 5.41) is 78.5. The van der Waals surface area contributed by atoms with E-state index in [0.717, 1.165) is 6.92 Å². The zero-order chi connectivity index (χ0) is 32.4. The summed E-state index contributed by atoms with van der Waals surface area (Å²) in [5.41, 5.74) is 0. The molecule has 19 nitrogen and oxygen atoms in total. The first-order valence-corrected chi connectivity index (χ1v) is 13.4. The Morgan fingerprint density at radius 1 is 1.00 bits per heavy atom. The van der Waals surface area contributed by atoms with Crippen molar-refractivity contribution in [1.82, 2.24) is 21.3 Å². The number of carboxylic acids is 2. The number of nitrogens with one attached hydrogen (secondary N) is 4. The zero-order valence-electron chi connectivity index (χ0n) is 23.5. The van der Waals surface area contributed by atoms with Gasteiger partial charge in [0.2, 0.25) is 17.7 Å². The van der Waals surface area contributed by atoms with Crippen LogP contribution in [0.1, 0.15) is 26.7 Å². The van der Waals surface area contributed by atoms with Gasteiger partial charge in [-0.25, -0.2) is 4.79 Å². The molecule has 43 heavy (non-hydrogen) atoms. The second-order valence-electron chi connectivity index (χ2n) is 10.2. The number of carbonyl (C=O) groups excluding carboxylic acids is 3. The molecule has 0 radical (unpaired) electrons. The van der Waals surface area contributed by atoms with Gasteiger partial charge in [-0.1, -0.05) is 0 Å². The van der Waals surface area contributed by atoms with Crippen LogP contribution in [0.25, 0.3) is 0 Å². The van der Waals surface area contributed by atoms with Crippen molar-refractivity contribution >= 4 is 29.7 Å². The van der Waals surface area contributed by atoms with E-state index in [-0.39, 0.29) is 13.0 Å². The highest BCUT2D eigenvalue weighted by Gasteiger charge is 2.49. The van der Waals surface area contributed by atoms with Gasteiger partial charge in [-0.3, -0.25) is 19.2 Å². The van der Waals surface area contributed by atoms with Gasteiger partial charge in [-0.15, -0.1) is 0 Å². The highest BCUT2D eigenvalue weighted by Crippen LogP contribution is 2.27. The maximum Gasteiger partial charge on any atom is 0.326 e. The monoisotopic (exact) mass is 624 g/mol. The fourth-order valence-electron chi connectivity index (χ4n) is 4.58. The Bertz CT molecular complexity index is 986. The number of carboxylic acid groups (broad SMARTS) is 2. The third kappa shape index (κ3) is 10.3. The number of β-amino-alcohol motifs (C(OH)–C–C–N with tert-alkyl or cyclic N) is 1. The number of carbonyl (C=O) groups is 5. The molecule has 3 amide bonds. The molecule has 0 bridgehead atoms. The van der Waals surface area contributed by atoms with E-state index in [1.807, 2.05) is 0 Å². The van der Waals surface area contributed by atoms with Crippen LogP contribution in [0, 0.1) is 0 Å². The molecule has 11 N–H and O–H groups in total. The van der Waals surface area contributed by atoms with Crippen molar-refractivity contribution in [3.63, 3.8) is 0 Å². The topological polar surface area (TPSA) is 303 Å². The first kappa shape index (κ1) is 36.2. The average Bonchev–Trinajstić information content (AvgIpc) is 2.93. The third-order valence-corrected chi connectivity index (χ3v) is 6.87. The molecular weight excluding hydrogens is 584 g/mol. The van der Waals surface area contributed by atoms with Crippen LogP contribution in [0.15, 0.2) is 0 Å². The van der Waals surface area contributed by atoms with E-state index in [1.54, 1.807) is 0 Å². The van der Waals surface area contributed by atoms with Gasteiger partial charge in [-0.05, 0) is 13.3 Å². The minimum Gasteiger partial charge on any atom is -0.481 e. The number of aliphatic hydroxyl groups excluding tert-OH is 5. The number of amides is 3. The van der Waals surface area contributed by atoms with Crippen LogP contribution in [0.5, 0.6) is 0 Å². The molecule has 0 unspecified atom stereocenters. The predicted octanol–water partition coefficient (Wildman–Crippen LogP) is -6.04. The largest absolute Gasteiger partial charge is 0.481 e. The highest BCUT2D eigenvalue weighted by atomic mass is 16.7. The van der Waals surface area contributed by atoms with Crippen LogP contribution in [-0.4, -0.2) is 159 Å². The molecule has 11 atom stereocenters. The Hall–Kier alpha value is -3.01. The summed E-state index contributed by atoms with van der Waals surface area (Å²) in [6, 6.07) is -5.04. The number of aliphatic carboxylic acids is 2. The maximum absolute atomic E-state index is 12.6. The molecule has 0 aromatic heterocycles. The van der Waals surface area contributed by atoms with Crippen LogP contribution in [0.3, 0.4) is 0 Å². The summed E-state index contributed by atoms with van der Waals surface area (Å²) in [5.74, 6) is -5.11. The quantitative estimate of drug-likeness (QED) is 0.0808. The Morgan fingerprint density at radius 2 is 1.67 bits per heavy atom. The minimum absolute atomic E-state index is 0.107. The number of rotatable bonds is 15. The molecule has 2 saturated heterocycles. The first-order valence-electron chi connectivity index (χ1n) is 13.4. The van der Waals surface area contributed by atoms with E-state index in [1.165, 1.54) is 6.92 Å². The number of piperidine rings is 1. The molecule has 2 aliphatic rings. The van der Waals surface area contributed by atoms with Crippen molar-refractivity contribution in [3.05, 3.63) is 0 Å². The van der Waals surface area contributed by atoms with Gasteiger partial charge in [0.15, 0.2) is 6.29 Å². The zero-order valence-corrected chi connectivity index (χ0v) is 23.5. The molecule has 0 aromatic carbocycles. The van der Waals surface area contributed by atoms with Crippen molar-refractivity contribution < 1.29 is 73.9 Å². The van der Waals surface area contributed by atoms with E-state index >= 15 is 0 Å². The summed E-state index contributed by atoms with van der Waals surface area (Å²) in [6.45, 7) is 0.249. The van der Waals surface area contributed by atoms with E-state index < -0.39 is 123 Å². The van der Waals surface area contributed by atoms with Gasteiger partial charge < -0.3 is 71.2 Å². The molecule has 0 saturated carbocycles. The summed E-state index contributed by atoms with van der Waals surface area (Å²) >= 11 is 0. The van der Waals surface area contributed by atoms with Crippen molar-refractivity contribution in [1.29, 1.82) is 0 Å². The fourth-order valence-corrected chi connectivity index (χ4v) is 4.58. The second kappa shape index (κ2) is 16.7. The molecule has 0 aliphatic carbocycles.